The third-order valence-corrected chi connectivity index (χ3v) is 3.79. The molecule has 1 heteroatoms. The zero-order chi connectivity index (χ0) is 14.4. The molecule has 2 rings (SSSR count). The molecule has 0 spiro atoms. The van der Waals surface area contributed by atoms with Crippen molar-refractivity contribution in [3.8, 4) is 0 Å². The van der Waals surface area contributed by atoms with Crippen molar-refractivity contribution in [3.63, 3.8) is 0 Å². The van der Waals surface area contributed by atoms with Crippen LogP contribution in [0.2, 0.25) is 0 Å². The molecule has 0 saturated heterocycles. The van der Waals surface area contributed by atoms with Gasteiger partial charge in [-0.15, -0.1) is 0 Å². The van der Waals surface area contributed by atoms with Gasteiger partial charge in [0.25, 0.3) is 0 Å². The second kappa shape index (κ2) is 7.25. The summed E-state index contributed by atoms with van der Waals surface area (Å²) in [4.78, 5) is 0. The molecule has 0 saturated carbocycles. The molecule has 1 atom stereocenters. The van der Waals surface area contributed by atoms with Crippen LogP contribution in [0.1, 0.15) is 49.3 Å². The van der Waals surface area contributed by atoms with E-state index >= 15 is 0 Å². The van der Waals surface area contributed by atoms with E-state index in [1.165, 1.54) is 16.7 Å². The summed E-state index contributed by atoms with van der Waals surface area (Å²) in [6.45, 7) is 8.68. The molecule has 2 aromatic carbocycles. The molecule has 20 heavy (non-hydrogen) atoms. The standard InChI is InChI=1S/C19H25N/c1-15(2)18-11-9-17(10-12-18)14-20-13-16(3)19-7-5-4-6-8-19/h4-12,15-16,20H,13-14H2,1-3H3. The van der Waals surface area contributed by atoms with Crippen molar-refractivity contribution in [2.75, 3.05) is 6.54 Å². The molecule has 0 aliphatic heterocycles. The zero-order valence-electron chi connectivity index (χ0n) is 12.8. The summed E-state index contributed by atoms with van der Waals surface area (Å²) in [7, 11) is 0. The Morgan fingerprint density at radius 2 is 1.45 bits per heavy atom. The van der Waals surface area contributed by atoms with E-state index in [0.717, 1.165) is 13.1 Å². The molecule has 106 valence electrons. The van der Waals surface area contributed by atoms with Crippen LogP contribution in [-0.4, -0.2) is 6.54 Å². The Kier molecular flexibility index (Phi) is 5.37. The van der Waals surface area contributed by atoms with Crippen molar-refractivity contribution in [2.45, 2.75) is 39.2 Å². The number of nitrogens with one attached hydrogen (secondary N) is 1. The summed E-state index contributed by atoms with van der Waals surface area (Å²) in [5, 5.41) is 3.55. The average Bonchev–Trinajstić information content (AvgIpc) is 2.48. The minimum absolute atomic E-state index is 0.547. The molecule has 0 aliphatic rings. The summed E-state index contributed by atoms with van der Waals surface area (Å²) in [5.41, 5.74) is 4.16. The molecule has 0 amide bonds. The maximum Gasteiger partial charge on any atom is 0.0205 e. The first-order valence-corrected chi connectivity index (χ1v) is 7.51. The maximum absolute atomic E-state index is 3.55. The lowest BCUT2D eigenvalue weighted by molar-refractivity contribution is 0.615. The van der Waals surface area contributed by atoms with E-state index < -0.39 is 0 Å². The number of rotatable bonds is 6. The Labute approximate surface area is 123 Å². The van der Waals surface area contributed by atoms with Gasteiger partial charge >= 0.3 is 0 Å². The molecule has 0 radical (unpaired) electrons. The van der Waals surface area contributed by atoms with E-state index in [2.05, 4.69) is 80.7 Å². The van der Waals surface area contributed by atoms with E-state index in [4.69, 9.17) is 0 Å². The highest BCUT2D eigenvalue weighted by Gasteiger charge is 2.04. The van der Waals surface area contributed by atoms with Gasteiger partial charge in [-0.25, -0.2) is 0 Å². The number of hydrogen-bond donors (Lipinski definition) is 1. The zero-order valence-corrected chi connectivity index (χ0v) is 12.8. The van der Waals surface area contributed by atoms with Gasteiger partial charge in [-0.2, -0.15) is 0 Å². The average molecular weight is 267 g/mol. The predicted octanol–water partition coefficient (Wildman–Crippen LogP) is 4.70. The fraction of sp³-hybridized carbons (Fsp3) is 0.368. The summed E-state index contributed by atoms with van der Waals surface area (Å²) < 4.78 is 0. The molecule has 0 aromatic heterocycles. The van der Waals surface area contributed by atoms with Gasteiger partial charge in [0, 0.05) is 13.1 Å². The fourth-order valence-corrected chi connectivity index (χ4v) is 2.35. The van der Waals surface area contributed by atoms with Crippen molar-refractivity contribution in [1.82, 2.24) is 5.32 Å². The van der Waals surface area contributed by atoms with Gasteiger partial charge in [0.05, 0.1) is 0 Å². The third kappa shape index (κ3) is 4.21. The van der Waals surface area contributed by atoms with Gasteiger partial charge in [0.15, 0.2) is 0 Å². The topological polar surface area (TPSA) is 12.0 Å². The smallest absolute Gasteiger partial charge is 0.0205 e. The van der Waals surface area contributed by atoms with Crippen LogP contribution >= 0.6 is 0 Å². The maximum atomic E-state index is 3.55. The molecule has 0 fully saturated rings. The summed E-state index contributed by atoms with van der Waals surface area (Å²) in [5.74, 6) is 1.15. The third-order valence-electron chi connectivity index (χ3n) is 3.79. The largest absolute Gasteiger partial charge is 0.312 e. The van der Waals surface area contributed by atoms with Crippen LogP contribution < -0.4 is 5.32 Å². The van der Waals surface area contributed by atoms with Crippen molar-refractivity contribution >= 4 is 0 Å². The lowest BCUT2D eigenvalue weighted by Gasteiger charge is -2.13. The molecule has 1 unspecified atom stereocenters. The predicted molar refractivity (Wildman–Crippen MR) is 87.1 cm³/mol. The first-order chi connectivity index (χ1) is 9.66. The van der Waals surface area contributed by atoms with Gasteiger partial charge in [0.2, 0.25) is 0 Å². The van der Waals surface area contributed by atoms with E-state index in [9.17, 15) is 0 Å². The van der Waals surface area contributed by atoms with Crippen LogP contribution in [-0.2, 0) is 6.54 Å². The minimum atomic E-state index is 0.547. The van der Waals surface area contributed by atoms with Crippen molar-refractivity contribution in [1.29, 1.82) is 0 Å². The summed E-state index contributed by atoms with van der Waals surface area (Å²) >= 11 is 0. The van der Waals surface area contributed by atoms with Crippen LogP contribution in [0, 0.1) is 0 Å². The normalized spacial score (nSPS) is 12.6. The Hall–Kier alpha value is -1.60. The first-order valence-electron chi connectivity index (χ1n) is 7.51. The highest BCUT2D eigenvalue weighted by molar-refractivity contribution is 5.24. The highest BCUT2D eigenvalue weighted by Crippen LogP contribution is 2.15. The number of hydrogen-bond acceptors (Lipinski definition) is 1. The van der Waals surface area contributed by atoms with Gasteiger partial charge in [-0.3, -0.25) is 0 Å². The minimum Gasteiger partial charge on any atom is -0.312 e. The lowest BCUT2D eigenvalue weighted by Crippen LogP contribution is -2.19. The van der Waals surface area contributed by atoms with Crippen LogP contribution in [0.25, 0.3) is 0 Å². The summed E-state index contributed by atoms with van der Waals surface area (Å²) in [6.07, 6.45) is 0. The second-order valence-corrected chi connectivity index (χ2v) is 5.84. The van der Waals surface area contributed by atoms with Gasteiger partial charge in [-0.1, -0.05) is 75.4 Å². The Morgan fingerprint density at radius 3 is 2.05 bits per heavy atom. The Balaban J connectivity index is 1.81. The summed E-state index contributed by atoms with van der Waals surface area (Å²) in [6, 6.07) is 19.6. The molecule has 0 aliphatic carbocycles. The molecule has 1 N–H and O–H groups in total. The molecular formula is C19H25N. The van der Waals surface area contributed by atoms with Crippen LogP contribution in [0.15, 0.2) is 54.6 Å². The van der Waals surface area contributed by atoms with E-state index in [1.807, 2.05) is 0 Å². The van der Waals surface area contributed by atoms with Crippen molar-refractivity contribution in [3.05, 3.63) is 71.3 Å². The molecule has 2 aromatic rings. The number of benzene rings is 2. The Bertz CT molecular complexity index is 499. The second-order valence-electron chi connectivity index (χ2n) is 5.84. The van der Waals surface area contributed by atoms with E-state index in [1.54, 1.807) is 0 Å². The Morgan fingerprint density at radius 1 is 0.800 bits per heavy atom. The van der Waals surface area contributed by atoms with Crippen LogP contribution in [0.5, 0.6) is 0 Å². The molecule has 1 nitrogen and oxygen atoms in total. The van der Waals surface area contributed by atoms with E-state index in [0.29, 0.717) is 11.8 Å². The van der Waals surface area contributed by atoms with Gasteiger partial charge < -0.3 is 5.32 Å². The van der Waals surface area contributed by atoms with Crippen LogP contribution in [0.4, 0.5) is 0 Å². The van der Waals surface area contributed by atoms with Crippen molar-refractivity contribution < 1.29 is 0 Å². The van der Waals surface area contributed by atoms with Gasteiger partial charge in [-0.05, 0) is 28.5 Å². The highest BCUT2D eigenvalue weighted by atomic mass is 14.9. The first kappa shape index (κ1) is 14.8. The van der Waals surface area contributed by atoms with Crippen LogP contribution in [0.3, 0.4) is 0 Å². The quantitative estimate of drug-likeness (QED) is 0.799. The van der Waals surface area contributed by atoms with E-state index in [-0.39, 0.29) is 0 Å². The van der Waals surface area contributed by atoms with Gasteiger partial charge in [0.1, 0.15) is 0 Å². The molecular weight excluding hydrogens is 242 g/mol. The molecule has 0 bridgehead atoms. The SMILES string of the molecule is CC(C)c1ccc(CNCC(C)c2ccccc2)cc1. The lowest BCUT2D eigenvalue weighted by atomic mass is 10.0. The fourth-order valence-electron chi connectivity index (χ4n) is 2.35. The monoisotopic (exact) mass is 267 g/mol. The van der Waals surface area contributed by atoms with Crippen molar-refractivity contribution in [2.24, 2.45) is 0 Å². The molecule has 0 heterocycles.